The molecule has 8 heteroatoms. The number of ether oxygens (including phenoxy) is 1. The van der Waals surface area contributed by atoms with Gasteiger partial charge >= 0.3 is 0 Å². The highest BCUT2D eigenvalue weighted by Crippen LogP contribution is 2.40. The first-order valence-corrected chi connectivity index (χ1v) is 11.5. The molecule has 0 unspecified atom stereocenters. The van der Waals surface area contributed by atoms with Crippen LogP contribution >= 0.6 is 27.7 Å². The van der Waals surface area contributed by atoms with Gasteiger partial charge in [-0.3, -0.25) is 4.98 Å². The lowest BCUT2D eigenvalue weighted by molar-refractivity contribution is 0.225. The monoisotopic (exact) mass is 471 g/mol. The Balaban J connectivity index is 1.65. The van der Waals surface area contributed by atoms with Gasteiger partial charge in [-0.1, -0.05) is 53.9 Å². The van der Waals surface area contributed by atoms with Crippen LogP contribution in [0.1, 0.15) is 44.4 Å². The van der Waals surface area contributed by atoms with E-state index in [4.69, 9.17) is 9.72 Å². The summed E-state index contributed by atoms with van der Waals surface area (Å²) in [5.74, 6) is 1.47. The Morgan fingerprint density at radius 3 is 2.79 bits per heavy atom. The predicted molar refractivity (Wildman–Crippen MR) is 119 cm³/mol. The van der Waals surface area contributed by atoms with Crippen LogP contribution in [0.5, 0.6) is 5.88 Å². The van der Waals surface area contributed by atoms with Gasteiger partial charge in [0, 0.05) is 39.4 Å². The van der Waals surface area contributed by atoms with E-state index in [-0.39, 0.29) is 0 Å². The average Bonchev–Trinajstić information content (AvgIpc) is 2.90. The van der Waals surface area contributed by atoms with E-state index in [1.807, 2.05) is 30.3 Å². The second-order valence-corrected chi connectivity index (χ2v) is 8.75. The summed E-state index contributed by atoms with van der Waals surface area (Å²) < 4.78 is 7.23. The fraction of sp³-hybridized carbons (Fsp3) is 0.333. The minimum Gasteiger partial charge on any atom is -0.448 e. The van der Waals surface area contributed by atoms with Crippen molar-refractivity contribution in [2.75, 3.05) is 11.1 Å². The number of anilines is 1. The smallest absolute Gasteiger partial charge is 0.247 e. The molecule has 1 aromatic carbocycles. The zero-order valence-corrected chi connectivity index (χ0v) is 18.5. The fourth-order valence-corrected chi connectivity index (χ4v) is 4.25. The number of unbranched alkanes of at least 4 members (excludes halogenated alkanes) is 3. The third-order valence-electron chi connectivity index (χ3n) is 4.63. The SMILES string of the molecule is CCCCCCSc1nnc2c(n1)O[C@@H](c1ccncc1)Nc1ccc(Br)cc1-2. The number of benzene rings is 1. The standard InChI is InChI=1S/C21H22BrN5OS/c1-2-3-4-5-12-29-21-25-20-18(26-27-21)16-13-15(22)6-7-17(16)24-19(28-20)14-8-10-23-11-9-14/h6-11,13,19,24H,2-5,12H2,1H3/t19-/m0/s1. The number of rotatable bonds is 7. The first kappa shape index (κ1) is 20.1. The number of aromatic nitrogens is 4. The largest absolute Gasteiger partial charge is 0.448 e. The van der Waals surface area contributed by atoms with E-state index < -0.39 is 6.23 Å². The molecule has 4 rings (SSSR count). The van der Waals surface area contributed by atoms with Crippen LogP contribution in [0.3, 0.4) is 0 Å². The number of nitrogens with zero attached hydrogens (tertiary/aromatic N) is 4. The van der Waals surface area contributed by atoms with Crippen LogP contribution in [0.25, 0.3) is 11.3 Å². The van der Waals surface area contributed by atoms with Crippen molar-refractivity contribution >= 4 is 33.4 Å². The third kappa shape index (κ3) is 4.87. The summed E-state index contributed by atoms with van der Waals surface area (Å²) in [6.07, 6.45) is 7.99. The highest BCUT2D eigenvalue weighted by molar-refractivity contribution is 9.10. The molecule has 0 saturated heterocycles. The highest BCUT2D eigenvalue weighted by atomic mass is 79.9. The summed E-state index contributed by atoms with van der Waals surface area (Å²) in [7, 11) is 0. The number of hydrogen-bond donors (Lipinski definition) is 1. The zero-order chi connectivity index (χ0) is 20.1. The Labute approximate surface area is 183 Å². The summed E-state index contributed by atoms with van der Waals surface area (Å²) in [4.78, 5) is 8.79. The van der Waals surface area contributed by atoms with Crippen LogP contribution in [0, 0.1) is 0 Å². The highest BCUT2D eigenvalue weighted by Gasteiger charge is 2.26. The molecule has 1 aliphatic rings. The van der Waals surface area contributed by atoms with Crippen LogP contribution in [0.15, 0.2) is 52.4 Å². The quantitative estimate of drug-likeness (QED) is 0.341. The first-order chi connectivity index (χ1) is 14.2. The molecule has 29 heavy (non-hydrogen) atoms. The maximum atomic E-state index is 6.27. The van der Waals surface area contributed by atoms with Crippen molar-refractivity contribution in [1.82, 2.24) is 20.2 Å². The van der Waals surface area contributed by atoms with E-state index in [2.05, 4.69) is 43.4 Å². The first-order valence-electron chi connectivity index (χ1n) is 9.75. The lowest BCUT2D eigenvalue weighted by Gasteiger charge is -2.19. The van der Waals surface area contributed by atoms with E-state index in [1.165, 1.54) is 19.3 Å². The van der Waals surface area contributed by atoms with Crippen molar-refractivity contribution in [2.45, 2.75) is 44.0 Å². The van der Waals surface area contributed by atoms with Crippen LogP contribution in [0.2, 0.25) is 0 Å². The molecule has 1 N–H and O–H groups in total. The molecule has 0 fully saturated rings. The molecular formula is C21H22BrN5OS. The molecule has 0 amide bonds. The van der Waals surface area contributed by atoms with Gasteiger partial charge in [-0.05, 0) is 36.8 Å². The van der Waals surface area contributed by atoms with Crippen molar-refractivity contribution in [3.63, 3.8) is 0 Å². The molecule has 0 saturated carbocycles. The molecule has 0 bridgehead atoms. The summed E-state index contributed by atoms with van der Waals surface area (Å²) >= 11 is 5.18. The van der Waals surface area contributed by atoms with E-state index >= 15 is 0 Å². The lowest BCUT2D eigenvalue weighted by Crippen LogP contribution is -2.17. The third-order valence-corrected chi connectivity index (χ3v) is 6.04. The normalized spacial score (nSPS) is 14.9. The molecular weight excluding hydrogens is 450 g/mol. The minimum atomic E-state index is -0.390. The predicted octanol–water partition coefficient (Wildman–Crippen LogP) is 5.87. The van der Waals surface area contributed by atoms with Gasteiger partial charge in [0.15, 0.2) is 11.9 Å². The summed E-state index contributed by atoms with van der Waals surface area (Å²) in [6, 6.07) is 9.86. The Kier molecular flexibility index (Phi) is 6.61. The van der Waals surface area contributed by atoms with Gasteiger partial charge in [0.05, 0.1) is 0 Å². The number of halogens is 1. The van der Waals surface area contributed by atoms with E-state index in [0.717, 1.165) is 33.5 Å². The van der Waals surface area contributed by atoms with Gasteiger partial charge in [-0.25, -0.2) is 0 Å². The molecule has 0 radical (unpaired) electrons. The van der Waals surface area contributed by atoms with Crippen molar-refractivity contribution < 1.29 is 4.74 Å². The Hall–Kier alpha value is -2.19. The second kappa shape index (κ2) is 9.54. The maximum Gasteiger partial charge on any atom is 0.247 e. The van der Waals surface area contributed by atoms with Crippen molar-refractivity contribution in [1.29, 1.82) is 0 Å². The van der Waals surface area contributed by atoms with Crippen LogP contribution in [-0.4, -0.2) is 25.9 Å². The van der Waals surface area contributed by atoms with E-state index in [9.17, 15) is 0 Å². The van der Waals surface area contributed by atoms with Crippen LogP contribution in [-0.2, 0) is 0 Å². The molecule has 150 valence electrons. The molecule has 0 aliphatic carbocycles. The summed E-state index contributed by atoms with van der Waals surface area (Å²) in [5, 5.41) is 12.9. The molecule has 6 nitrogen and oxygen atoms in total. The summed E-state index contributed by atoms with van der Waals surface area (Å²) in [6.45, 7) is 2.22. The van der Waals surface area contributed by atoms with Crippen molar-refractivity contribution in [2.24, 2.45) is 0 Å². The minimum absolute atomic E-state index is 0.390. The molecule has 1 atom stereocenters. The maximum absolute atomic E-state index is 6.27. The molecule has 3 aromatic rings. The van der Waals surface area contributed by atoms with Gasteiger partial charge in [0.25, 0.3) is 0 Å². The Morgan fingerprint density at radius 1 is 1.10 bits per heavy atom. The Bertz CT molecular complexity index is 973. The Morgan fingerprint density at radius 2 is 1.97 bits per heavy atom. The fourth-order valence-electron chi connectivity index (χ4n) is 3.11. The van der Waals surface area contributed by atoms with Gasteiger partial charge in [0.1, 0.15) is 0 Å². The van der Waals surface area contributed by atoms with Gasteiger partial charge in [0.2, 0.25) is 11.0 Å². The van der Waals surface area contributed by atoms with Gasteiger partial charge < -0.3 is 10.1 Å². The van der Waals surface area contributed by atoms with E-state index in [0.29, 0.717) is 16.7 Å². The number of thioether (sulfide) groups is 1. The molecule has 1 aliphatic heterocycles. The zero-order valence-electron chi connectivity index (χ0n) is 16.1. The molecule has 2 aromatic heterocycles. The topological polar surface area (TPSA) is 72.8 Å². The average molecular weight is 472 g/mol. The number of fused-ring (bicyclic) bond motifs is 3. The molecule has 0 spiro atoms. The number of pyridine rings is 1. The number of hydrogen-bond acceptors (Lipinski definition) is 7. The second-order valence-electron chi connectivity index (χ2n) is 6.77. The van der Waals surface area contributed by atoms with Crippen LogP contribution < -0.4 is 10.1 Å². The van der Waals surface area contributed by atoms with E-state index in [1.54, 1.807) is 24.2 Å². The van der Waals surface area contributed by atoms with Crippen molar-refractivity contribution in [3.8, 4) is 17.1 Å². The van der Waals surface area contributed by atoms with Gasteiger partial charge in [-0.2, -0.15) is 4.98 Å². The lowest BCUT2D eigenvalue weighted by atomic mass is 10.1. The van der Waals surface area contributed by atoms with Crippen LogP contribution in [0.4, 0.5) is 5.69 Å². The summed E-state index contributed by atoms with van der Waals surface area (Å²) in [5.41, 5.74) is 3.44. The molecule has 3 heterocycles. The van der Waals surface area contributed by atoms with Gasteiger partial charge in [-0.15, -0.1) is 10.2 Å². The van der Waals surface area contributed by atoms with Crippen molar-refractivity contribution in [3.05, 3.63) is 52.8 Å². The number of nitrogens with one attached hydrogen (secondary N) is 1.